The second-order valence-electron chi connectivity index (χ2n) is 16.5. The zero-order valence-corrected chi connectivity index (χ0v) is 33.0. The number of fused-ring (bicyclic) bond motifs is 7. The van der Waals surface area contributed by atoms with Gasteiger partial charge in [-0.05, 0) is 119 Å². The largest absolute Gasteiger partial charge is 0.456 e. The summed E-state index contributed by atoms with van der Waals surface area (Å²) >= 11 is 0. The molecule has 0 radical (unpaired) electrons. The summed E-state index contributed by atoms with van der Waals surface area (Å²) in [7, 11) is 0. The van der Waals surface area contributed by atoms with Crippen LogP contribution in [0.5, 0.6) is 0 Å². The standard InChI is InChI=1S/C52H41BN4O/c1-34-32-44-50-45(33-34)57(37-18-9-6-10-19-37)51-41(53(50)40-21-12-13-22-42(40)55(44)36-16-7-5-8-17-36)30-31-48(54-51)56(38-28-26-35(27-29-38)52(2,3)4)43-23-15-25-47-49(43)39-20-11-14-24-46(39)58-47/h5-33H,1-4H3. The molecule has 0 unspecified atom stereocenters. The Labute approximate surface area is 339 Å². The molecule has 4 heterocycles. The molecule has 0 fully saturated rings. The van der Waals surface area contributed by atoms with Gasteiger partial charge in [-0.3, -0.25) is 9.80 Å². The van der Waals surface area contributed by atoms with E-state index in [4.69, 9.17) is 9.40 Å². The second-order valence-corrected chi connectivity index (χ2v) is 16.5. The van der Waals surface area contributed by atoms with Crippen molar-refractivity contribution in [2.45, 2.75) is 33.1 Å². The Morgan fingerprint density at radius 1 is 0.569 bits per heavy atom. The molecule has 58 heavy (non-hydrogen) atoms. The predicted octanol–water partition coefficient (Wildman–Crippen LogP) is 12.1. The van der Waals surface area contributed by atoms with Gasteiger partial charge in [0.2, 0.25) is 0 Å². The van der Waals surface area contributed by atoms with Gasteiger partial charge >= 0.3 is 0 Å². The lowest BCUT2D eigenvalue weighted by Crippen LogP contribution is -2.61. The first-order chi connectivity index (χ1) is 28.3. The van der Waals surface area contributed by atoms with Crippen molar-refractivity contribution in [1.29, 1.82) is 0 Å². The molecular formula is C52H41BN4O. The molecule has 0 saturated heterocycles. The molecule has 0 bridgehead atoms. The van der Waals surface area contributed by atoms with Crippen molar-refractivity contribution in [3.05, 3.63) is 187 Å². The predicted molar refractivity (Wildman–Crippen MR) is 244 cm³/mol. The zero-order chi connectivity index (χ0) is 39.1. The van der Waals surface area contributed by atoms with E-state index < -0.39 is 0 Å². The molecule has 9 aromatic rings. The Kier molecular flexibility index (Phi) is 7.67. The van der Waals surface area contributed by atoms with E-state index in [1.807, 2.05) is 12.1 Å². The molecular weight excluding hydrogens is 707 g/mol. The van der Waals surface area contributed by atoms with Crippen molar-refractivity contribution in [2.24, 2.45) is 0 Å². The molecule has 2 aromatic heterocycles. The number of pyridine rings is 1. The summed E-state index contributed by atoms with van der Waals surface area (Å²) in [6.45, 7) is 8.95. The molecule has 0 saturated carbocycles. The maximum absolute atomic E-state index is 6.46. The fraction of sp³-hybridized carbons (Fsp3) is 0.0962. The Hall–Kier alpha value is -7.05. The van der Waals surface area contributed by atoms with Gasteiger partial charge in [-0.15, -0.1) is 0 Å². The minimum Gasteiger partial charge on any atom is -0.456 e. The average Bonchev–Trinajstić information content (AvgIpc) is 3.63. The van der Waals surface area contributed by atoms with Gasteiger partial charge in [-0.25, -0.2) is 4.98 Å². The van der Waals surface area contributed by atoms with Crippen LogP contribution < -0.4 is 31.1 Å². The third-order valence-corrected chi connectivity index (χ3v) is 11.8. The van der Waals surface area contributed by atoms with Gasteiger partial charge in [-0.1, -0.05) is 118 Å². The summed E-state index contributed by atoms with van der Waals surface area (Å²) < 4.78 is 6.46. The van der Waals surface area contributed by atoms with Crippen molar-refractivity contribution in [3.8, 4) is 0 Å². The van der Waals surface area contributed by atoms with E-state index in [2.05, 4.69) is 206 Å². The van der Waals surface area contributed by atoms with Crippen molar-refractivity contribution in [2.75, 3.05) is 14.7 Å². The third kappa shape index (κ3) is 5.28. The molecule has 278 valence electrons. The van der Waals surface area contributed by atoms with Crippen LogP contribution in [0.25, 0.3) is 21.9 Å². The van der Waals surface area contributed by atoms with Crippen LogP contribution in [-0.4, -0.2) is 11.7 Å². The molecule has 0 atom stereocenters. The van der Waals surface area contributed by atoms with Crippen molar-refractivity contribution in [1.82, 2.24) is 4.98 Å². The minimum absolute atomic E-state index is 0.0150. The van der Waals surface area contributed by atoms with E-state index in [1.54, 1.807) is 0 Å². The fourth-order valence-corrected chi connectivity index (χ4v) is 9.20. The third-order valence-electron chi connectivity index (χ3n) is 11.8. The summed E-state index contributed by atoms with van der Waals surface area (Å²) in [6, 6.07) is 63.2. The van der Waals surface area contributed by atoms with Crippen molar-refractivity contribution in [3.63, 3.8) is 0 Å². The molecule has 0 aliphatic carbocycles. The van der Waals surface area contributed by atoms with Crippen LogP contribution >= 0.6 is 0 Å². The van der Waals surface area contributed by atoms with E-state index in [0.717, 1.165) is 62.0 Å². The number of para-hydroxylation sites is 4. The van der Waals surface area contributed by atoms with Crippen LogP contribution in [0.4, 0.5) is 51.4 Å². The number of nitrogens with zero attached hydrogens (tertiary/aromatic N) is 4. The van der Waals surface area contributed by atoms with Crippen molar-refractivity contribution >= 4 is 96.5 Å². The van der Waals surface area contributed by atoms with Gasteiger partial charge in [-0.2, -0.15) is 0 Å². The number of rotatable bonds is 5. The molecule has 6 heteroatoms. The Balaban J connectivity index is 1.19. The Morgan fingerprint density at radius 2 is 1.21 bits per heavy atom. The van der Waals surface area contributed by atoms with Gasteiger partial charge < -0.3 is 9.32 Å². The maximum Gasteiger partial charge on any atom is 0.254 e. The van der Waals surface area contributed by atoms with Crippen LogP contribution in [0.1, 0.15) is 31.9 Å². The van der Waals surface area contributed by atoms with Crippen LogP contribution in [0.15, 0.2) is 180 Å². The summed E-state index contributed by atoms with van der Waals surface area (Å²) in [5.74, 6) is 1.74. The highest BCUT2D eigenvalue weighted by Crippen LogP contribution is 2.47. The van der Waals surface area contributed by atoms with Crippen LogP contribution in [0.3, 0.4) is 0 Å². The molecule has 5 nitrogen and oxygen atoms in total. The normalized spacial score (nSPS) is 13.1. The van der Waals surface area contributed by atoms with Gasteiger partial charge in [0.15, 0.2) is 0 Å². The quantitative estimate of drug-likeness (QED) is 0.164. The van der Waals surface area contributed by atoms with E-state index in [-0.39, 0.29) is 12.1 Å². The average molecular weight is 749 g/mol. The first-order valence-electron chi connectivity index (χ1n) is 20.1. The van der Waals surface area contributed by atoms with Gasteiger partial charge in [0.05, 0.1) is 11.1 Å². The highest BCUT2D eigenvalue weighted by Gasteiger charge is 2.44. The number of aryl methyl sites for hydroxylation is 1. The van der Waals surface area contributed by atoms with Gasteiger partial charge in [0.1, 0.15) is 22.8 Å². The number of aromatic nitrogens is 1. The molecule has 2 aliphatic rings. The number of hydrogen-bond donors (Lipinski definition) is 0. The summed E-state index contributed by atoms with van der Waals surface area (Å²) in [5.41, 5.74) is 15.7. The van der Waals surface area contributed by atoms with Crippen LogP contribution in [-0.2, 0) is 5.41 Å². The lowest BCUT2D eigenvalue weighted by atomic mass is 9.33. The van der Waals surface area contributed by atoms with E-state index in [0.29, 0.717) is 0 Å². The highest BCUT2D eigenvalue weighted by molar-refractivity contribution is 7.00. The van der Waals surface area contributed by atoms with Gasteiger partial charge in [0.25, 0.3) is 6.71 Å². The van der Waals surface area contributed by atoms with Crippen LogP contribution in [0, 0.1) is 6.92 Å². The Bertz CT molecular complexity index is 3020. The van der Waals surface area contributed by atoms with Crippen molar-refractivity contribution < 1.29 is 4.42 Å². The smallest absolute Gasteiger partial charge is 0.254 e. The minimum atomic E-state index is -0.0287. The Morgan fingerprint density at radius 3 is 1.95 bits per heavy atom. The van der Waals surface area contributed by atoms with E-state index >= 15 is 0 Å². The summed E-state index contributed by atoms with van der Waals surface area (Å²) in [4.78, 5) is 12.9. The molecule has 0 spiro atoms. The highest BCUT2D eigenvalue weighted by atomic mass is 16.3. The topological polar surface area (TPSA) is 35.8 Å². The molecule has 0 amide bonds. The molecule has 7 aromatic carbocycles. The molecule has 11 rings (SSSR count). The van der Waals surface area contributed by atoms with Crippen LogP contribution in [0.2, 0.25) is 0 Å². The summed E-state index contributed by atoms with van der Waals surface area (Å²) in [6.07, 6.45) is 0. The van der Waals surface area contributed by atoms with Gasteiger partial charge in [0, 0.05) is 39.5 Å². The lowest BCUT2D eigenvalue weighted by molar-refractivity contribution is 0.590. The molecule has 2 aliphatic heterocycles. The first kappa shape index (κ1) is 34.2. The summed E-state index contributed by atoms with van der Waals surface area (Å²) in [5, 5.41) is 2.14. The number of anilines is 9. The number of furan rings is 1. The second kappa shape index (κ2) is 13.0. The SMILES string of the molecule is Cc1cc2c3c(c1)N(c1ccccc1)c1nc(N(c4ccc(C(C)(C)C)cc4)c4cccc5oc6ccccc6c45)ccc1B3c1ccccc1N2c1ccccc1. The van der Waals surface area contributed by atoms with E-state index in [1.165, 1.54) is 38.9 Å². The van der Waals surface area contributed by atoms with E-state index in [9.17, 15) is 0 Å². The lowest BCUT2D eigenvalue weighted by Gasteiger charge is -2.44. The number of benzene rings is 7. The molecule has 0 N–H and O–H groups in total. The fourth-order valence-electron chi connectivity index (χ4n) is 9.20. The number of hydrogen-bond acceptors (Lipinski definition) is 5. The maximum atomic E-state index is 6.46. The zero-order valence-electron chi connectivity index (χ0n) is 33.0. The first-order valence-corrected chi connectivity index (χ1v) is 20.1. The monoisotopic (exact) mass is 748 g/mol.